The van der Waals surface area contributed by atoms with Gasteiger partial charge in [-0.3, -0.25) is 4.79 Å². The lowest BCUT2D eigenvalue weighted by Crippen LogP contribution is -2.26. The van der Waals surface area contributed by atoms with E-state index in [0.717, 1.165) is 5.56 Å². The number of nitrogen functional groups attached to an aromatic ring is 1. The van der Waals surface area contributed by atoms with Crippen LogP contribution < -0.4 is 5.73 Å². The van der Waals surface area contributed by atoms with Gasteiger partial charge in [0.05, 0.1) is 18.0 Å². The van der Waals surface area contributed by atoms with Crippen molar-refractivity contribution in [3.05, 3.63) is 53.9 Å². The second-order valence-electron chi connectivity index (χ2n) is 3.99. The zero-order valence-electron chi connectivity index (χ0n) is 10.1. The van der Waals surface area contributed by atoms with Crippen LogP contribution in [0.15, 0.2) is 42.7 Å². The third-order valence-electron chi connectivity index (χ3n) is 2.64. The molecule has 0 spiro atoms. The Bertz CT molecular complexity index is 542. The standard InChI is InChI=1S/C13H14N4O/c1-17(9-11-4-2-3-5-12(11)14)13(18)10-6-7-15-16-8-10/h2-8H,9,14H2,1H3. The molecule has 1 aromatic carbocycles. The summed E-state index contributed by atoms with van der Waals surface area (Å²) >= 11 is 0. The van der Waals surface area contributed by atoms with Gasteiger partial charge in [0.15, 0.2) is 0 Å². The van der Waals surface area contributed by atoms with Crippen LogP contribution in [0, 0.1) is 0 Å². The van der Waals surface area contributed by atoms with Crippen LogP contribution in [0.3, 0.4) is 0 Å². The Labute approximate surface area is 105 Å². The molecule has 0 unspecified atom stereocenters. The van der Waals surface area contributed by atoms with Crippen molar-refractivity contribution in [1.82, 2.24) is 15.1 Å². The normalized spacial score (nSPS) is 10.1. The molecule has 2 rings (SSSR count). The SMILES string of the molecule is CN(Cc1ccccc1N)C(=O)c1ccnnc1. The van der Waals surface area contributed by atoms with E-state index in [9.17, 15) is 4.79 Å². The van der Waals surface area contributed by atoms with E-state index in [2.05, 4.69) is 10.2 Å². The highest BCUT2D eigenvalue weighted by Crippen LogP contribution is 2.13. The Morgan fingerprint density at radius 2 is 2.06 bits per heavy atom. The number of amides is 1. The summed E-state index contributed by atoms with van der Waals surface area (Å²) in [6.07, 6.45) is 2.95. The van der Waals surface area contributed by atoms with E-state index in [4.69, 9.17) is 5.73 Å². The molecule has 5 heteroatoms. The number of anilines is 1. The smallest absolute Gasteiger partial charge is 0.255 e. The second kappa shape index (κ2) is 5.27. The highest BCUT2D eigenvalue weighted by atomic mass is 16.2. The van der Waals surface area contributed by atoms with Crippen LogP contribution in [0.4, 0.5) is 5.69 Å². The van der Waals surface area contributed by atoms with E-state index in [0.29, 0.717) is 17.8 Å². The fourth-order valence-electron chi connectivity index (χ4n) is 1.64. The van der Waals surface area contributed by atoms with Crippen molar-refractivity contribution in [2.24, 2.45) is 0 Å². The van der Waals surface area contributed by atoms with Gasteiger partial charge >= 0.3 is 0 Å². The first kappa shape index (κ1) is 12.0. The van der Waals surface area contributed by atoms with Crippen LogP contribution in [0.1, 0.15) is 15.9 Å². The van der Waals surface area contributed by atoms with Crippen LogP contribution in [-0.4, -0.2) is 28.1 Å². The van der Waals surface area contributed by atoms with Gasteiger partial charge in [-0.15, -0.1) is 0 Å². The summed E-state index contributed by atoms with van der Waals surface area (Å²) in [4.78, 5) is 13.7. The Morgan fingerprint density at radius 3 is 2.72 bits per heavy atom. The van der Waals surface area contributed by atoms with Crippen molar-refractivity contribution < 1.29 is 4.79 Å². The number of carbonyl (C=O) groups excluding carboxylic acids is 1. The first-order valence-electron chi connectivity index (χ1n) is 5.54. The lowest BCUT2D eigenvalue weighted by atomic mass is 10.1. The summed E-state index contributed by atoms with van der Waals surface area (Å²) in [5.74, 6) is -0.104. The van der Waals surface area contributed by atoms with Crippen LogP contribution in [0.5, 0.6) is 0 Å². The van der Waals surface area contributed by atoms with Crippen molar-refractivity contribution in [2.45, 2.75) is 6.54 Å². The minimum absolute atomic E-state index is 0.104. The molecule has 1 heterocycles. The van der Waals surface area contributed by atoms with Gasteiger partial charge in [0.25, 0.3) is 5.91 Å². The maximum Gasteiger partial charge on any atom is 0.255 e. The molecule has 1 aromatic heterocycles. The molecule has 0 saturated carbocycles. The average molecular weight is 242 g/mol. The summed E-state index contributed by atoms with van der Waals surface area (Å²) in [5.41, 5.74) is 7.97. The molecule has 0 aliphatic heterocycles. The van der Waals surface area contributed by atoms with E-state index < -0.39 is 0 Å². The summed E-state index contributed by atoms with van der Waals surface area (Å²) in [5, 5.41) is 7.34. The van der Waals surface area contributed by atoms with Gasteiger partial charge in [-0.05, 0) is 17.7 Å². The minimum Gasteiger partial charge on any atom is -0.398 e. The van der Waals surface area contributed by atoms with Crippen LogP contribution in [0.25, 0.3) is 0 Å². The minimum atomic E-state index is -0.104. The first-order chi connectivity index (χ1) is 8.68. The second-order valence-corrected chi connectivity index (χ2v) is 3.99. The van der Waals surface area contributed by atoms with Crippen molar-refractivity contribution in [3.63, 3.8) is 0 Å². The number of nitrogens with zero attached hydrogens (tertiary/aromatic N) is 3. The van der Waals surface area contributed by atoms with Crippen molar-refractivity contribution in [2.75, 3.05) is 12.8 Å². The van der Waals surface area contributed by atoms with E-state index >= 15 is 0 Å². The first-order valence-corrected chi connectivity index (χ1v) is 5.54. The van der Waals surface area contributed by atoms with Gasteiger partial charge in [-0.2, -0.15) is 10.2 Å². The number of carbonyl (C=O) groups is 1. The maximum atomic E-state index is 12.1. The third kappa shape index (κ3) is 2.63. The molecule has 0 aliphatic carbocycles. The van der Waals surface area contributed by atoms with Crippen molar-refractivity contribution >= 4 is 11.6 Å². The largest absolute Gasteiger partial charge is 0.398 e. The molecule has 92 valence electrons. The van der Waals surface area contributed by atoms with E-state index in [1.165, 1.54) is 12.4 Å². The Kier molecular flexibility index (Phi) is 3.52. The maximum absolute atomic E-state index is 12.1. The molecule has 0 bridgehead atoms. The van der Waals surface area contributed by atoms with Gasteiger partial charge < -0.3 is 10.6 Å². The zero-order valence-corrected chi connectivity index (χ0v) is 10.1. The van der Waals surface area contributed by atoms with Crippen LogP contribution >= 0.6 is 0 Å². The zero-order chi connectivity index (χ0) is 13.0. The Hall–Kier alpha value is -2.43. The number of para-hydroxylation sites is 1. The number of rotatable bonds is 3. The van der Waals surface area contributed by atoms with Gasteiger partial charge in [0.2, 0.25) is 0 Å². The van der Waals surface area contributed by atoms with Crippen LogP contribution in [-0.2, 0) is 6.54 Å². The summed E-state index contributed by atoms with van der Waals surface area (Å²) in [6, 6.07) is 9.14. The van der Waals surface area contributed by atoms with E-state index in [1.54, 1.807) is 18.0 Å². The number of aromatic nitrogens is 2. The Balaban J connectivity index is 2.11. The summed E-state index contributed by atoms with van der Waals surface area (Å²) in [7, 11) is 1.73. The van der Waals surface area contributed by atoms with E-state index in [-0.39, 0.29) is 5.91 Å². The lowest BCUT2D eigenvalue weighted by molar-refractivity contribution is 0.0785. The molecule has 0 radical (unpaired) electrons. The number of benzene rings is 1. The quantitative estimate of drug-likeness (QED) is 0.824. The molecule has 2 N–H and O–H groups in total. The topological polar surface area (TPSA) is 72.1 Å². The molecule has 0 fully saturated rings. The predicted octanol–water partition coefficient (Wildman–Crippen LogP) is 1.33. The molecule has 1 amide bonds. The summed E-state index contributed by atoms with van der Waals surface area (Å²) < 4.78 is 0. The predicted molar refractivity (Wildman–Crippen MR) is 68.7 cm³/mol. The highest BCUT2D eigenvalue weighted by Gasteiger charge is 2.12. The fraction of sp³-hybridized carbons (Fsp3) is 0.154. The van der Waals surface area contributed by atoms with Gasteiger partial charge in [-0.25, -0.2) is 0 Å². The molecule has 0 aliphatic rings. The monoisotopic (exact) mass is 242 g/mol. The van der Waals surface area contributed by atoms with Crippen molar-refractivity contribution in [1.29, 1.82) is 0 Å². The average Bonchev–Trinajstić information content (AvgIpc) is 2.41. The number of hydrogen-bond donors (Lipinski definition) is 1. The molecular formula is C13H14N4O. The molecule has 0 atom stereocenters. The lowest BCUT2D eigenvalue weighted by Gasteiger charge is -2.18. The molecular weight excluding hydrogens is 228 g/mol. The number of nitrogens with two attached hydrogens (primary N) is 1. The Morgan fingerprint density at radius 1 is 1.28 bits per heavy atom. The van der Waals surface area contributed by atoms with Gasteiger partial charge in [0, 0.05) is 19.3 Å². The van der Waals surface area contributed by atoms with Crippen molar-refractivity contribution in [3.8, 4) is 0 Å². The molecule has 2 aromatic rings. The molecule has 5 nitrogen and oxygen atoms in total. The fourth-order valence-corrected chi connectivity index (χ4v) is 1.64. The summed E-state index contributed by atoms with van der Waals surface area (Å²) in [6.45, 7) is 0.466. The highest BCUT2D eigenvalue weighted by molar-refractivity contribution is 5.93. The van der Waals surface area contributed by atoms with Gasteiger partial charge in [-0.1, -0.05) is 18.2 Å². The van der Waals surface area contributed by atoms with E-state index in [1.807, 2.05) is 24.3 Å². The van der Waals surface area contributed by atoms with Gasteiger partial charge in [0.1, 0.15) is 0 Å². The molecule has 0 saturated heterocycles. The molecule has 18 heavy (non-hydrogen) atoms. The third-order valence-corrected chi connectivity index (χ3v) is 2.64. The van der Waals surface area contributed by atoms with Crippen LogP contribution in [0.2, 0.25) is 0 Å². The number of hydrogen-bond acceptors (Lipinski definition) is 4.